The first-order valence-electron chi connectivity index (χ1n) is 11.2. The van der Waals surface area contributed by atoms with Crippen LogP contribution < -0.4 is 20.9 Å². The number of carboxylic acids is 1. The Morgan fingerprint density at radius 2 is 2.11 bits per heavy atom. The van der Waals surface area contributed by atoms with Crippen LogP contribution in [0.5, 0.6) is 0 Å². The van der Waals surface area contributed by atoms with Gasteiger partial charge in [0.2, 0.25) is 6.10 Å². The molecule has 0 aromatic carbocycles. The largest absolute Gasteiger partial charge is 0.477 e. The lowest BCUT2D eigenvalue weighted by Crippen LogP contribution is -2.71. The number of nitrogens with zero attached hydrogens (tertiary/aromatic N) is 4. The maximum absolute atomic E-state index is 13.2. The molecule has 3 aliphatic rings. The molecule has 2 aromatic heterocycles. The number of hydrogen-bond donors (Lipinski definition) is 4. The molecule has 15 heteroatoms. The number of rotatable bonds is 8. The average molecular weight is 545 g/mol. The van der Waals surface area contributed by atoms with E-state index in [9.17, 15) is 24.3 Å². The Labute approximate surface area is 218 Å². The number of thioether (sulfide) groups is 1. The summed E-state index contributed by atoms with van der Waals surface area (Å²) in [5, 5.41) is 20.1. The third kappa shape index (κ3) is 4.86. The van der Waals surface area contributed by atoms with Crippen molar-refractivity contribution in [2.75, 3.05) is 18.0 Å². The van der Waals surface area contributed by atoms with Crippen LogP contribution in [-0.2, 0) is 30.6 Å². The number of nitrogen functional groups attached to an aromatic ring is 1. The second kappa shape index (κ2) is 10.2. The summed E-state index contributed by atoms with van der Waals surface area (Å²) >= 11 is 2.45. The molecule has 5 rings (SSSR count). The van der Waals surface area contributed by atoms with Gasteiger partial charge < -0.3 is 26.3 Å². The van der Waals surface area contributed by atoms with Gasteiger partial charge in [0.15, 0.2) is 29.8 Å². The van der Waals surface area contributed by atoms with Crippen LogP contribution in [0.4, 0.5) is 5.13 Å². The van der Waals surface area contributed by atoms with Gasteiger partial charge in [0.05, 0.1) is 0 Å². The number of nitrogens with one attached hydrogen (secondary N) is 2. The Balaban J connectivity index is 1.34. The number of carbonyl (C=O) groups excluding carboxylic acids is 3. The van der Waals surface area contributed by atoms with E-state index in [1.165, 1.54) is 22.0 Å². The van der Waals surface area contributed by atoms with Crippen LogP contribution in [-0.4, -0.2) is 74.2 Å². The first-order chi connectivity index (χ1) is 17.8. The second-order valence-electron chi connectivity index (χ2n) is 8.35. The van der Waals surface area contributed by atoms with E-state index in [0.717, 1.165) is 11.3 Å². The highest BCUT2D eigenvalue weighted by atomic mass is 32.2. The van der Waals surface area contributed by atoms with Crippen LogP contribution in [0.25, 0.3) is 0 Å². The van der Waals surface area contributed by atoms with Crippen LogP contribution in [0.2, 0.25) is 0 Å². The number of aromatic nitrogens is 2. The quantitative estimate of drug-likeness (QED) is 0.141. The number of anilines is 1. The van der Waals surface area contributed by atoms with Gasteiger partial charge in [-0.15, -0.1) is 23.1 Å². The van der Waals surface area contributed by atoms with Crippen molar-refractivity contribution in [2.24, 2.45) is 5.16 Å². The van der Waals surface area contributed by atoms with Crippen molar-refractivity contribution < 1.29 is 33.7 Å². The lowest BCUT2D eigenvalue weighted by Gasteiger charge is -2.49. The zero-order valence-corrected chi connectivity index (χ0v) is 20.8. The number of oxime groups is 1. The van der Waals surface area contributed by atoms with Crippen LogP contribution in [0.15, 0.2) is 52.4 Å². The molecule has 2 aromatic rings. The van der Waals surface area contributed by atoms with Crippen molar-refractivity contribution in [2.45, 2.75) is 30.5 Å². The second-order valence-corrected chi connectivity index (χ2v) is 10.3. The first-order valence-corrected chi connectivity index (χ1v) is 13.1. The molecule has 0 radical (unpaired) electrons. The van der Waals surface area contributed by atoms with E-state index in [0.29, 0.717) is 30.8 Å². The van der Waals surface area contributed by atoms with Gasteiger partial charge in [-0.05, 0) is 0 Å². The van der Waals surface area contributed by atoms with E-state index >= 15 is 0 Å². The summed E-state index contributed by atoms with van der Waals surface area (Å²) in [5.74, 6) is -2.49. The molecule has 13 nitrogen and oxygen atoms in total. The van der Waals surface area contributed by atoms with E-state index in [2.05, 4.69) is 20.8 Å². The topological polar surface area (TPSA) is 180 Å². The van der Waals surface area contributed by atoms with Gasteiger partial charge in [-0.2, -0.15) is 0 Å². The van der Waals surface area contributed by atoms with Crippen molar-refractivity contribution in [1.29, 1.82) is 0 Å². The third-order valence-corrected chi connectivity index (χ3v) is 7.95. The van der Waals surface area contributed by atoms with Crippen molar-refractivity contribution >= 4 is 57.6 Å². The fourth-order valence-corrected chi connectivity index (χ4v) is 6.05. The van der Waals surface area contributed by atoms with Crippen molar-refractivity contribution in [1.82, 2.24) is 20.5 Å². The van der Waals surface area contributed by atoms with Gasteiger partial charge in [-0.3, -0.25) is 19.3 Å². The zero-order valence-electron chi connectivity index (χ0n) is 19.2. The predicted octanol–water partition coefficient (Wildman–Crippen LogP) is -0.939. The normalized spacial score (nSPS) is 23.3. The van der Waals surface area contributed by atoms with E-state index in [-0.39, 0.29) is 28.1 Å². The summed E-state index contributed by atoms with van der Waals surface area (Å²) in [6, 6.07) is 4.54. The van der Waals surface area contributed by atoms with Crippen LogP contribution in [0.3, 0.4) is 0 Å². The van der Waals surface area contributed by atoms with Crippen molar-refractivity contribution in [3.63, 3.8) is 0 Å². The number of carbonyl (C=O) groups is 4. The molecule has 3 atom stereocenters. The maximum atomic E-state index is 13.2. The molecule has 2 fully saturated rings. The molecule has 0 unspecified atom stereocenters. The number of aliphatic carboxylic acids is 1. The minimum atomic E-state index is -1.21. The Bertz CT molecular complexity index is 1330. The lowest BCUT2D eigenvalue weighted by atomic mass is 10.0. The maximum Gasteiger partial charge on any atom is 0.352 e. The van der Waals surface area contributed by atoms with Crippen LogP contribution >= 0.6 is 23.1 Å². The number of thiazole rings is 1. The highest BCUT2D eigenvalue weighted by Gasteiger charge is 2.54. The molecule has 0 bridgehead atoms. The standard InChI is InChI=1S/C22H21N7O6S2/c23-22-25-12(10-37-22)14(27-35-13-4-5-24-17(13)30)18(31)26-15-19(32)29-16(21(33)34)11(9-36-20(15)29)8-28-6-2-1-3-7-28/h1-3,6-7,10,13,15,20H,4-5,8-9H2,(H4-,23,24,25,26,30,31,33,34)/p+1/t13-,15+,20+/m0/s1. The Morgan fingerprint density at radius 1 is 1.32 bits per heavy atom. The lowest BCUT2D eigenvalue weighted by molar-refractivity contribution is -0.689. The van der Waals surface area contributed by atoms with E-state index < -0.39 is 35.3 Å². The summed E-state index contributed by atoms with van der Waals surface area (Å²) in [7, 11) is 0. The smallest absolute Gasteiger partial charge is 0.352 e. The van der Waals surface area contributed by atoms with Gasteiger partial charge in [-0.1, -0.05) is 11.2 Å². The summed E-state index contributed by atoms with van der Waals surface area (Å²) in [5.41, 5.74) is 6.11. The highest BCUT2D eigenvalue weighted by Crippen LogP contribution is 2.40. The highest BCUT2D eigenvalue weighted by molar-refractivity contribution is 8.00. The number of hydrogen-bond acceptors (Lipinski definition) is 10. The first kappa shape index (κ1) is 24.7. The van der Waals surface area contributed by atoms with Crippen LogP contribution in [0.1, 0.15) is 12.1 Å². The molecule has 3 amide bonds. The molecular weight excluding hydrogens is 522 g/mol. The van der Waals surface area contributed by atoms with E-state index in [1.807, 2.05) is 35.2 Å². The number of carboxylic acid groups (broad SMARTS) is 1. The van der Waals surface area contributed by atoms with Crippen molar-refractivity contribution in [3.05, 3.63) is 52.9 Å². The van der Waals surface area contributed by atoms with Gasteiger partial charge >= 0.3 is 5.97 Å². The molecule has 5 heterocycles. The Morgan fingerprint density at radius 3 is 2.76 bits per heavy atom. The average Bonchev–Trinajstić information content (AvgIpc) is 3.50. The number of amides is 3. The molecule has 5 N–H and O–H groups in total. The number of β-lactam (4-membered cyclic amide) rings is 1. The van der Waals surface area contributed by atoms with Crippen LogP contribution in [0, 0.1) is 0 Å². The minimum absolute atomic E-state index is 0.0765. The summed E-state index contributed by atoms with van der Waals surface area (Å²) in [6.07, 6.45) is 3.16. The van der Waals surface area contributed by atoms with E-state index in [4.69, 9.17) is 10.6 Å². The Hall–Kier alpha value is -3.98. The molecule has 0 aliphatic carbocycles. The fraction of sp³-hybridized carbons (Fsp3) is 0.318. The number of pyridine rings is 1. The molecule has 0 spiro atoms. The zero-order chi connectivity index (χ0) is 26.1. The van der Waals surface area contributed by atoms with Crippen molar-refractivity contribution in [3.8, 4) is 0 Å². The minimum Gasteiger partial charge on any atom is -0.477 e. The van der Waals surface area contributed by atoms with Gasteiger partial charge in [-0.25, -0.2) is 14.3 Å². The molecule has 37 heavy (non-hydrogen) atoms. The predicted molar refractivity (Wildman–Crippen MR) is 132 cm³/mol. The third-order valence-electron chi connectivity index (χ3n) is 5.94. The molecule has 0 saturated carbocycles. The number of nitrogens with two attached hydrogens (primary N) is 1. The summed E-state index contributed by atoms with van der Waals surface area (Å²) in [4.78, 5) is 60.7. The summed E-state index contributed by atoms with van der Waals surface area (Å²) < 4.78 is 1.83. The molecule has 192 valence electrons. The number of fused-ring (bicyclic) bond motifs is 1. The van der Waals surface area contributed by atoms with E-state index in [1.54, 1.807) is 0 Å². The molecule has 2 saturated heterocycles. The van der Waals surface area contributed by atoms with Gasteiger partial charge in [0.1, 0.15) is 22.8 Å². The van der Waals surface area contributed by atoms with Gasteiger partial charge in [0.25, 0.3) is 17.7 Å². The fourth-order valence-electron chi connectivity index (χ4n) is 4.16. The molecule has 3 aliphatic heterocycles. The van der Waals surface area contributed by atoms with Gasteiger partial charge in [0, 0.05) is 41.8 Å². The molecular formula is C22H22N7O6S2+. The monoisotopic (exact) mass is 544 g/mol. The SMILES string of the molecule is Nc1nc(C(=NO[C@H]2CCNC2=O)C(=O)N[C@@H]2C(=O)N3C(C(=O)O)=C(C[n+]4ccccc4)CS[C@H]23)cs1. The Kier molecular flexibility index (Phi) is 6.80. The summed E-state index contributed by atoms with van der Waals surface area (Å²) in [6.45, 7) is 0.747.